The second-order valence-electron chi connectivity index (χ2n) is 6.48. The van der Waals surface area contributed by atoms with Crippen LogP contribution >= 0.6 is 23.4 Å². The van der Waals surface area contributed by atoms with Gasteiger partial charge in [-0.25, -0.2) is 0 Å². The van der Waals surface area contributed by atoms with Crippen molar-refractivity contribution in [3.8, 4) is 0 Å². The van der Waals surface area contributed by atoms with Crippen LogP contribution in [0.4, 0.5) is 0 Å². The molecule has 2 aromatic carbocycles. The molecule has 148 valence electrons. The van der Waals surface area contributed by atoms with Gasteiger partial charge < -0.3 is 15.0 Å². The number of carbonyl (C=O) groups excluding carboxylic acids is 2. The zero-order valence-electron chi connectivity index (χ0n) is 15.6. The monoisotopic (exact) mass is 418 g/mol. The lowest BCUT2D eigenvalue weighted by Gasteiger charge is -2.29. The predicted octanol–water partition coefficient (Wildman–Crippen LogP) is 3.29. The van der Waals surface area contributed by atoms with Crippen molar-refractivity contribution in [2.75, 3.05) is 26.0 Å². The van der Waals surface area contributed by atoms with Crippen LogP contribution in [0.5, 0.6) is 0 Å². The summed E-state index contributed by atoms with van der Waals surface area (Å²) < 4.78 is 5.03. The van der Waals surface area contributed by atoms with E-state index in [1.165, 1.54) is 7.11 Å². The molecule has 0 aromatic heterocycles. The molecule has 1 fully saturated rings. The number of hydrogen-bond acceptors (Lipinski definition) is 4. The molecule has 2 aromatic rings. The summed E-state index contributed by atoms with van der Waals surface area (Å²) >= 11 is 7.89. The second kappa shape index (κ2) is 9.96. The molecule has 0 unspecified atom stereocenters. The number of hydrogen-bond donors (Lipinski definition) is 1. The number of nitrogens with zero attached hydrogens (tertiary/aromatic N) is 1. The van der Waals surface area contributed by atoms with Crippen LogP contribution in [0.3, 0.4) is 0 Å². The van der Waals surface area contributed by atoms with Crippen molar-refractivity contribution in [3.05, 3.63) is 70.7 Å². The van der Waals surface area contributed by atoms with Crippen LogP contribution in [0.2, 0.25) is 5.02 Å². The fourth-order valence-corrected chi connectivity index (χ4v) is 5.01. The van der Waals surface area contributed by atoms with Crippen LogP contribution < -0.4 is 5.32 Å². The molecule has 0 radical (unpaired) electrons. The highest BCUT2D eigenvalue weighted by molar-refractivity contribution is 7.99. The molecule has 7 heteroatoms. The molecule has 1 aliphatic heterocycles. The van der Waals surface area contributed by atoms with E-state index in [4.69, 9.17) is 16.3 Å². The van der Waals surface area contributed by atoms with E-state index in [-0.39, 0.29) is 23.8 Å². The molecule has 5 nitrogen and oxygen atoms in total. The molecule has 0 saturated carbocycles. The van der Waals surface area contributed by atoms with Crippen molar-refractivity contribution in [1.82, 2.24) is 10.2 Å². The quantitative estimate of drug-likeness (QED) is 0.749. The number of rotatable bonds is 7. The van der Waals surface area contributed by atoms with Gasteiger partial charge in [-0.15, -0.1) is 11.8 Å². The molecular weight excluding hydrogens is 396 g/mol. The fourth-order valence-electron chi connectivity index (χ4n) is 3.22. The first-order valence-corrected chi connectivity index (χ1v) is 10.5. The molecule has 1 saturated heterocycles. The Morgan fingerprint density at radius 2 is 1.89 bits per heavy atom. The molecule has 1 heterocycles. The zero-order chi connectivity index (χ0) is 19.9. The molecule has 0 aliphatic carbocycles. The average molecular weight is 419 g/mol. The number of halogens is 1. The first-order chi connectivity index (χ1) is 13.6. The molecule has 2 atom stereocenters. The Labute approximate surface area is 174 Å². The van der Waals surface area contributed by atoms with E-state index in [0.717, 1.165) is 17.5 Å². The Morgan fingerprint density at radius 1 is 1.18 bits per heavy atom. The molecule has 0 bridgehead atoms. The molecule has 3 rings (SSSR count). The van der Waals surface area contributed by atoms with E-state index in [1.54, 1.807) is 22.7 Å². The van der Waals surface area contributed by atoms with Gasteiger partial charge in [0, 0.05) is 30.0 Å². The second-order valence-corrected chi connectivity index (χ2v) is 8.00. The third kappa shape index (κ3) is 4.87. The van der Waals surface area contributed by atoms with Gasteiger partial charge in [0.15, 0.2) is 0 Å². The van der Waals surface area contributed by atoms with Gasteiger partial charge in [0.2, 0.25) is 11.8 Å². The van der Waals surface area contributed by atoms with Crippen molar-refractivity contribution in [2.45, 2.75) is 17.8 Å². The highest BCUT2D eigenvalue weighted by atomic mass is 35.5. The summed E-state index contributed by atoms with van der Waals surface area (Å²) in [6.07, 6.45) is 0.742. The number of amides is 2. The summed E-state index contributed by atoms with van der Waals surface area (Å²) in [5, 5.41) is 3.25. The number of benzene rings is 2. The SMILES string of the molecule is COCC(=O)N1[C@@H](C(=O)NCCc2ccccc2)CS[C@@H]1c1ccccc1Cl. The van der Waals surface area contributed by atoms with Gasteiger partial charge in [-0.1, -0.05) is 60.1 Å². The van der Waals surface area contributed by atoms with Gasteiger partial charge in [0.1, 0.15) is 18.0 Å². The Morgan fingerprint density at radius 3 is 2.61 bits per heavy atom. The summed E-state index contributed by atoms with van der Waals surface area (Å²) in [5.74, 6) is 0.144. The first kappa shape index (κ1) is 20.7. The average Bonchev–Trinajstić information content (AvgIpc) is 3.14. The van der Waals surface area contributed by atoms with Gasteiger partial charge in [-0.2, -0.15) is 0 Å². The fraction of sp³-hybridized carbons (Fsp3) is 0.333. The molecule has 1 aliphatic rings. The molecule has 0 spiro atoms. The highest BCUT2D eigenvalue weighted by Gasteiger charge is 2.42. The Balaban J connectivity index is 1.70. The van der Waals surface area contributed by atoms with Crippen LogP contribution in [0, 0.1) is 0 Å². The summed E-state index contributed by atoms with van der Waals surface area (Å²) in [6.45, 7) is 0.447. The van der Waals surface area contributed by atoms with Gasteiger partial charge in [0.25, 0.3) is 0 Å². The van der Waals surface area contributed by atoms with Gasteiger partial charge in [0.05, 0.1) is 0 Å². The normalized spacial score (nSPS) is 18.9. The minimum atomic E-state index is -0.551. The number of ether oxygens (including phenoxy) is 1. The summed E-state index contributed by atoms with van der Waals surface area (Å²) in [7, 11) is 1.47. The maximum Gasteiger partial charge on any atom is 0.250 e. The van der Waals surface area contributed by atoms with Crippen LogP contribution in [-0.4, -0.2) is 48.8 Å². The van der Waals surface area contributed by atoms with E-state index in [9.17, 15) is 9.59 Å². The third-order valence-corrected chi connectivity index (χ3v) is 6.24. The standard InChI is InChI=1S/C21H23ClN2O3S/c1-27-13-19(25)24-18(14-28-21(24)16-9-5-6-10-17(16)22)20(26)23-12-11-15-7-3-2-4-8-15/h2-10,18,21H,11-14H2,1H3,(H,23,26)/t18-,21-/m1/s1. The molecular formula is C21H23ClN2O3S. The van der Waals surface area contributed by atoms with E-state index in [1.807, 2.05) is 48.5 Å². The first-order valence-electron chi connectivity index (χ1n) is 9.09. The maximum atomic E-state index is 12.8. The van der Waals surface area contributed by atoms with Crippen LogP contribution in [0.25, 0.3) is 0 Å². The number of thioether (sulfide) groups is 1. The van der Waals surface area contributed by atoms with Gasteiger partial charge >= 0.3 is 0 Å². The lowest BCUT2D eigenvalue weighted by atomic mass is 10.1. The summed E-state index contributed by atoms with van der Waals surface area (Å²) in [5.41, 5.74) is 1.99. The molecule has 1 N–H and O–H groups in total. The lowest BCUT2D eigenvalue weighted by molar-refractivity contribution is -0.142. The number of nitrogens with one attached hydrogen (secondary N) is 1. The lowest BCUT2D eigenvalue weighted by Crippen LogP contribution is -2.49. The minimum absolute atomic E-state index is 0.0741. The van der Waals surface area contributed by atoms with E-state index >= 15 is 0 Å². The highest BCUT2D eigenvalue weighted by Crippen LogP contribution is 2.43. The van der Waals surface area contributed by atoms with Crippen molar-refractivity contribution in [1.29, 1.82) is 0 Å². The molecule has 2 amide bonds. The van der Waals surface area contributed by atoms with E-state index in [0.29, 0.717) is 17.3 Å². The van der Waals surface area contributed by atoms with Crippen molar-refractivity contribution in [3.63, 3.8) is 0 Å². The van der Waals surface area contributed by atoms with Gasteiger partial charge in [-0.05, 0) is 18.1 Å². The van der Waals surface area contributed by atoms with Crippen molar-refractivity contribution < 1.29 is 14.3 Å². The molecule has 28 heavy (non-hydrogen) atoms. The van der Waals surface area contributed by atoms with Crippen LogP contribution in [0.1, 0.15) is 16.5 Å². The van der Waals surface area contributed by atoms with Gasteiger partial charge in [-0.3, -0.25) is 9.59 Å². The smallest absolute Gasteiger partial charge is 0.250 e. The van der Waals surface area contributed by atoms with E-state index < -0.39 is 6.04 Å². The Bertz CT molecular complexity index is 818. The third-order valence-electron chi connectivity index (χ3n) is 4.59. The van der Waals surface area contributed by atoms with Crippen LogP contribution in [-0.2, 0) is 20.7 Å². The summed E-state index contributed by atoms with van der Waals surface area (Å²) in [4.78, 5) is 27.1. The Hall–Kier alpha value is -2.02. The summed E-state index contributed by atoms with van der Waals surface area (Å²) in [6, 6.07) is 16.8. The minimum Gasteiger partial charge on any atom is -0.375 e. The topological polar surface area (TPSA) is 58.6 Å². The van der Waals surface area contributed by atoms with E-state index in [2.05, 4.69) is 5.32 Å². The largest absolute Gasteiger partial charge is 0.375 e. The van der Waals surface area contributed by atoms with Crippen molar-refractivity contribution >= 4 is 35.2 Å². The Kier molecular flexibility index (Phi) is 7.36. The number of methoxy groups -OCH3 is 1. The van der Waals surface area contributed by atoms with Crippen molar-refractivity contribution in [2.24, 2.45) is 0 Å². The maximum absolute atomic E-state index is 12.8. The predicted molar refractivity (Wildman–Crippen MR) is 112 cm³/mol. The zero-order valence-corrected chi connectivity index (χ0v) is 17.2. The van der Waals surface area contributed by atoms with Crippen LogP contribution in [0.15, 0.2) is 54.6 Å². The number of carbonyl (C=O) groups is 2.